The zero-order valence-electron chi connectivity index (χ0n) is 15.1. The van der Waals surface area contributed by atoms with Crippen LogP contribution in [0, 0.1) is 0 Å². The maximum atomic E-state index is 12.3. The summed E-state index contributed by atoms with van der Waals surface area (Å²) in [4.78, 5) is 25.9. The molecule has 1 saturated heterocycles. The maximum Gasteiger partial charge on any atom is 0.244 e. The molecule has 1 fully saturated rings. The quantitative estimate of drug-likeness (QED) is 0.848. The number of nitrogens with zero attached hydrogens (tertiary/aromatic N) is 1. The van der Waals surface area contributed by atoms with Gasteiger partial charge < -0.3 is 15.0 Å². The largest absolute Gasteiger partial charge is 0.493 e. The van der Waals surface area contributed by atoms with Gasteiger partial charge in [0.15, 0.2) is 0 Å². The summed E-state index contributed by atoms with van der Waals surface area (Å²) in [5.74, 6) is 0.884. The van der Waals surface area contributed by atoms with E-state index in [-0.39, 0.29) is 17.9 Å². The van der Waals surface area contributed by atoms with E-state index < -0.39 is 0 Å². The SMILES string of the molecule is O=C(/C=C/c1ccc(N2CCCC2=O)cc1)NC1CCOc2ccccc21. The van der Waals surface area contributed by atoms with Crippen molar-refractivity contribution in [2.24, 2.45) is 0 Å². The highest BCUT2D eigenvalue weighted by Crippen LogP contribution is 2.31. The van der Waals surface area contributed by atoms with Crippen LogP contribution in [0.5, 0.6) is 5.75 Å². The Kier molecular flexibility index (Phi) is 4.92. The van der Waals surface area contributed by atoms with E-state index in [0.29, 0.717) is 13.0 Å². The predicted molar refractivity (Wildman–Crippen MR) is 105 cm³/mol. The van der Waals surface area contributed by atoms with Gasteiger partial charge in [-0.05, 0) is 36.3 Å². The van der Waals surface area contributed by atoms with E-state index in [2.05, 4.69) is 5.32 Å². The van der Waals surface area contributed by atoms with Crippen LogP contribution in [0.2, 0.25) is 0 Å². The fourth-order valence-corrected chi connectivity index (χ4v) is 3.57. The van der Waals surface area contributed by atoms with Gasteiger partial charge in [-0.15, -0.1) is 0 Å². The fourth-order valence-electron chi connectivity index (χ4n) is 3.57. The summed E-state index contributed by atoms with van der Waals surface area (Å²) in [6.45, 7) is 1.38. The monoisotopic (exact) mass is 362 g/mol. The van der Waals surface area contributed by atoms with Crippen LogP contribution in [0.1, 0.15) is 36.4 Å². The highest BCUT2D eigenvalue weighted by molar-refractivity contribution is 5.95. The molecule has 1 N–H and O–H groups in total. The first-order valence-electron chi connectivity index (χ1n) is 9.31. The van der Waals surface area contributed by atoms with Crippen LogP contribution in [0.15, 0.2) is 54.6 Å². The third kappa shape index (κ3) is 3.87. The Morgan fingerprint density at radius 1 is 1.15 bits per heavy atom. The smallest absolute Gasteiger partial charge is 0.244 e. The minimum Gasteiger partial charge on any atom is -0.493 e. The van der Waals surface area contributed by atoms with Crippen molar-refractivity contribution < 1.29 is 14.3 Å². The lowest BCUT2D eigenvalue weighted by Gasteiger charge is -2.26. The van der Waals surface area contributed by atoms with E-state index in [1.807, 2.05) is 53.4 Å². The summed E-state index contributed by atoms with van der Waals surface area (Å²) < 4.78 is 5.63. The number of rotatable bonds is 4. The van der Waals surface area contributed by atoms with Gasteiger partial charge in [0.2, 0.25) is 11.8 Å². The number of anilines is 1. The van der Waals surface area contributed by atoms with Gasteiger partial charge in [0.25, 0.3) is 0 Å². The normalized spacial score (nSPS) is 19.0. The van der Waals surface area contributed by atoms with Crippen LogP contribution < -0.4 is 15.0 Å². The molecule has 2 aliphatic rings. The number of hydrogen-bond acceptors (Lipinski definition) is 3. The number of para-hydroxylation sites is 1. The molecule has 1 atom stereocenters. The Balaban J connectivity index is 1.38. The topological polar surface area (TPSA) is 58.6 Å². The Morgan fingerprint density at radius 2 is 1.96 bits per heavy atom. The Morgan fingerprint density at radius 3 is 2.74 bits per heavy atom. The molecule has 27 heavy (non-hydrogen) atoms. The van der Waals surface area contributed by atoms with Gasteiger partial charge in [-0.1, -0.05) is 30.3 Å². The second-order valence-electron chi connectivity index (χ2n) is 6.81. The average molecular weight is 362 g/mol. The number of hydrogen-bond donors (Lipinski definition) is 1. The van der Waals surface area contributed by atoms with Crippen LogP contribution in [0.25, 0.3) is 6.08 Å². The lowest BCUT2D eigenvalue weighted by molar-refractivity contribution is -0.118. The van der Waals surface area contributed by atoms with Gasteiger partial charge in [0.1, 0.15) is 5.75 Å². The van der Waals surface area contributed by atoms with Crippen molar-refractivity contribution in [2.45, 2.75) is 25.3 Å². The number of amides is 2. The summed E-state index contributed by atoms with van der Waals surface area (Å²) >= 11 is 0. The number of nitrogens with one attached hydrogen (secondary N) is 1. The van der Waals surface area contributed by atoms with E-state index in [4.69, 9.17) is 4.74 Å². The van der Waals surface area contributed by atoms with Crippen LogP contribution in [0.3, 0.4) is 0 Å². The molecule has 0 radical (unpaired) electrons. The molecule has 2 aromatic rings. The number of benzene rings is 2. The van der Waals surface area contributed by atoms with Gasteiger partial charge in [-0.3, -0.25) is 9.59 Å². The minimum atomic E-state index is -0.129. The Bertz CT molecular complexity index is 873. The van der Waals surface area contributed by atoms with Crippen LogP contribution in [-0.2, 0) is 9.59 Å². The molecule has 2 aromatic carbocycles. The molecular weight excluding hydrogens is 340 g/mol. The van der Waals surface area contributed by atoms with E-state index in [1.165, 1.54) is 0 Å². The van der Waals surface area contributed by atoms with Gasteiger partial charge in [0.05, 0.1) is 12.6 Å². The third-order valence-corrected chi connectivity index (χ3v) is 4.98. The standard InChI is InChI=1S/C22H22N2O3/c25-21(23-19-13-15-27-20-5-2-1-4-18(19)20)12-9-16-7-10-17(11-8-16)24-14-3-6-22(24)26/h1-2,4-5,7-12,19H,3,6,13-15H2,(H,23,25)/b12-9+. The highest BCUT2D eigenvalue weighted by atomic mass is 16.5. The zero-order chi connectivity index (χ0) is 18.6. The first-order valence-corrected chi connectivity index (χ1v) is 9.31. The van der Waals surface area contributed by atoms with Crippen molar-refractivity contribution in [2.75, 3.05) is 18.1 Å². The molecular formula is C22H22N2O3. The molecule has 1 unspecified atom stereocenters. The molecule has 2 amide bonds. The van der Waals surface area contributed by atoms with Crippen molar-refractivity contribution in [3.63, 3.8) is 0 Å². The number of carbonyl (C=O) groups excluding carboxylic acids is 2. The summed E-state index contributed by atoms with van der Waals surface area (Å²) in [6.07, 6.45) is 5.63. The van der Waals surface area contributed by atoms with E-state index >= 15 is 0 Å². The van der Waals surface area contributed by atoms with Crippen molar-refractivity contribution in [3.8, 4) is 5.75 Å². The van der Waals surface area contributed by atoms with Gasteiger partial charge >= 0.3 is 0 Å². The Hall–Kier alpha value is -3.08. The summed E-state index contributed by atoms with van der Waals surface area (Å²) in [6, 6.07) is 15.5. The fraction of sp³-hybridized carbons (Fsp3) is 0.273. The van der Waals surface area contributed by atoms with Gasteiger partial charge in [-0.25, -0.2) is 0 Å². The predicted octanol–water partition coefficient (Wildman–Crippen LogP) is 3.47. The van der Waals surface area contributed by atoms with E-state index in [9.17, 15) is 9.59 Å². The lowest BCUT2D eigenvalue weighted by Crippen LogP contribution is -2.30. The molecule has 0 saturated carbocycles. The van der Waals surface area contributed by atoms with Crippen molar-refractivity contribution >= 4 is 23.6 Å². The molecule has 5 nitrogen and oxygen atoms in total. The molecule has 2 heterocycles. The van der Waals surface area contributed by atoms with Crippen LogP contribution in [0.4, 0.5) is 5.69 Å². The first kappa shape index (κ1) is 17.3. The van der Waals surface area contributed by atoms with Crippen molar-refractivity contribution in [3.05, 3.63) is 65.7 Å². The summed E-state index contributed by atoms with van der Waals surface area (Å²) in [7, 11) is 0. The molecule has 5 heteroatoms. The average Bonchev–Trinajstić information content (AvgIpc) is 3.13. The van der Waals surface area contributed by atoms with Crippen molar-refractivity contribution in [1.82, 2.24) is 5.32 Å². The van der Waals surface area contributed by atoms with Crippen LogP contribution >= 0.6 is 0 Å². The molecule has 0 bridgehead atoms. The molecule has 138 valence electrons. The molecule has 0 aromatic heterocycles. The lowest BCUT2D eigenvalue weighted by atomic mass is 10.0. The maximum absolute atomic E-state index is 12.3. The highest BCUT2D eigenvalue weighted by Gasteiger charge is 2.22. The molecule has 0 spiro atoms. The number of fused-ring (bicyclic) bond motifs is 1. The summed E-state index contributed by atoms with van der Waals surface area (Å²) in [5, 5.41) is 3.05. The number of carbonyl (C=O) groups is 2. The second-order valence-corrected chi connectivity index (χ2v) is 6.81. The zero-order valence-corrected chi connectivity index (χ0v) is 15.1. The molecule has 0 aliphatic carbocycles. The molecule has 2 aliphatic heterocycles. The second kappa shape index (κ2) is 7.66. The molecule has 4 rings (SSSR count). The first-order chi connectivity index (χ1) is 13.2. The van der Waals surface area contributed by atoms with E-state index in [1.54, 1.807) is 12.2 Å². The number of ether oxygens (including phenoxy) is 1. The third-order valence-electron chi connectivity index (χ3n) is 4.98. The van der Waals surface area contributed by atoms with Gasteiger partial charge in [-0.2, -0.15) is 0 Å². The summed E-state index contributed by atoms with van der Waals surface area (Å²) in [5.41, 5.74) is 2.86. The Labute approximate surface area is 158 Å². The van der Waals surface area contributed by atoms with Crippen LogP contribution in [-0.4, -0.2) is 25.0 Å². The van der Waals surface area contributed by atoms with E-state index in [0.717, 1.165) is 42.0 Å². The van der Waals surface area contributed by atoms with Crippen molar-refractivity contribution in [1.29, 1.82) is 0 Å². The minimum absolute atomic E-state index is 0.0318. The van der Waals surface area contributed by atoms with Gasteiger partial charge in [0, 0.05) is 36.7 Å².